The van der Waals surface area contributed by atoms with Gasteiger partial charge in [0.1, 0.15) is 5.82 Å². The fourth-order valence-corrected chi connectivity index (χ4v) is 3.14. The molecule has 2 aromatic carbocycles. The van der Waals surface area contributed by atoms with Gasteiger partial charge in [0, 0.05) is 13.6 Å². The fourth-order valence-electron chi connectivity index (χ4n) is 1.89. The minimum atomic E-state index is -3.52. The Morgan fingerprint density at radius 1 is 1.00 bits per heavy atom. The van der Waals surface area contributed by atoms with Gasteiger partial charge in [0.05, 0.1) is 11.4 Å². The molecule has 0 heterocycles. The highest BCUT2D eigenvalue weighted by molar-refractivity contribution is 7.92. The molecule has 6 heteroatoms. The minimum Gasteiger partial charge on any atom is -0.326 e. The minimum absolute atomic E-state index is 0.119. The van der Waals surface area contributed by atoms with Crippen molar-refractivity contribution in [2.24, 2.45) is 5.73 Å². The first-order valence-corrected chi connectivity index (χ1v) is 8.03. The van der Waals surface area contributed by atoms with Crippen molar-refractivity contribution in [2.45, 2.75) is 12.3 Å². The normalized spacial score (nSPS) is 11.4. The maximum Gasteiger partial charge on any atom is 0.239 e. The molecule has 112 valence electrons. The molecule has 2 rings (SSSR count). The lowest BCUT2D eigenvalue weighted by Crippen LogP contribution is -2.27. The van der Waals surface area contributed by atoms with Gasteiger partial charge in [-0.1, -0.05) is 24.3 Å². The summed E-state index contributed by atoms with van der Waals surface area (Å²) in [5.74, 6) is -0.520. The van der Waals surface area contributed by atoms with E-state index in [1.165, 1.54) is 31.3 Å². The molecule has 0 unspecified atom stereocenters. The molecule has 0 aliphatic heterocycles. The number of nitrogens with zero attached hydrogens (tertiary/aromatic N) is 1. The molecule has 21 heavy (non-hydrogen) atoms. The van der Waals surface area contributed by atoms with Crippen LogP contribution in [0.3, 0.4) is 0 Å². The van der Waals surface area contributed by atoms with E-state index in [2.05, 4.69) is 0 Å². The first-order chi connectivity index (χ1) is 9.92. The van der Waals surface area contributed by atoms with E-state index in [9.17, 15) is 12.8 Å². The molecule has 0 saturated carbocycles. The Bertz CT molecular complexity index is 697. The molecular weight excluding hydrogens is 291 g/mol. The second-order valence-corrected chi connectivity index (χ2v) is 6.72. The third kappa shape index (κ3) is 3.80. The van der Waals surface area contributed by atoms with Crippen molar-refractivity contribution in [1.29, 1.82) is 0 Å². The van der Waals surface area contributed by atoms with Crippen molar-refractivity contribution < 1.29 is 12.8 Å². The lowest BCUT2D eigenvalue weighted by Gasteiger charge is -2.19. The SMILES string of the molecule is CN(c1ccc(F)cc1)S(=O)(=O)Cc1ccc(CN)cc1. The molecule has 2 N–H and O–H groups in total. The molecule has 0 bridgehead atoms. The Morgan fingerprint density at radius 3 is 2.05 bits per heavy atom. The highest BCUT2D eigenvalue weighted by Crippen LogP contribution is 2.19. The van der Waals surface area contributed by atoms with E-state index in [1.807, 2.05) is 12.1 Å². The van der Waals surface area contributed by atoms with Crippen molar-refractivity contribution in [3.63, 3.8) is 0 Å². The van der Waals surface area contributed by atoms with Crippen molar-refractivity contribution >= 4 is 15.7 Å². The van der Waals surface area contributed by atoms with E-state index in [0.717, 1.165) is 9.87 Å². The fraction of sp³-hybridized carbons (Fsp3) is 0.200. The van der Waals surface area contributed by atoms with Crippen LogP contribution in [0, 0.1) is 5.82 Å². The van der Waals surface area contributed by atoms with Crippen LogP contribution in [0.2, 0.25) is 0 Å². The van der Waals surface area contributed by atoms with Gasteiger partial charge in [-0.15, -0.1) is 0 Å². The Labute approximate surface area is 124 Å². The van der Waals surface area contributed by atoms with E-state index in [-0.39, 0.29) is 5.75 Å². The smallest absolute Gasteiger partial charge is 0.239 e. The Kier molecular flexibility index (Phi) is 4.59. The summed E-state index contributed by atoms with van der Waals surface area (Å²) in [5.41, 5.74) is 7.56. The molecule has 0 aromatic heterocycles. The Balaban J connectivity index is 2.18. The van der Waals surface area contributed by atoms with Gasteiger partial charge in [-0.2, -0.15) is 0 Å². The summed E-state index contributed by atoms with van der Waals surface area (Å²) in [6, 6.07) is 12.4. The lowest BCUT2D eigenvalue weighted by atomic mass is 10.1. The van der Waals surface area contributed by atoms with Crippen LogP contribution in [0.1, 0.15) is 11.1 Å². The van der Waals surface area contributed by atoms with Gasteiger partial charge in [-0.3, -0.25) is 4.31 Å². The van der Waals surface area contributed by atoms with Gasteiger partial charge in [0.2, 0.25) is 10.0 Å². The Morgan fingerprint density at radius 2 is 1.52 bits per heavy atom. The van der Waals surface area contributed by atoms with E-state index < -0.39 is 15.8 Å². The molecule has 4 nitrogen and oxygen atoms in total. The van der Waals surface area contributed by atoms with E-state index in [1.54, 1.807) is 12.1 Å². The lowest BCUT2D eigenvalue weighted by molar-refractivity contribution is 0.593. The number of rotatable bonds is 5. The zero-order valence-electron chi connectivity index (χ0n) is 11.7. The van der Waals surface area contributed by atoms with Gasteiger partial charge in [0.25, 0.3) is 0 Å². The summed E-state index contributed by atoms with van der Waals surface area (Å²) in [6.45, 7) is 0.419. The zero-order valence-corrected chi connectivity index (χ0v) is 12.5. The van der Waals surface area contributed by atoms with Crippen LogP contribution >= 0.6 is 0 Å². The molecule has 0 spiro atoms. The van der Waals surface area contributed by atoms with Crippen LogP contribution < -0.4 is 10.0 Å². The average Bonchev–Trinajstić information content (AvgIpc) is 2.48. The first-order valence-electron chi connectivity index (χ1n) is 6.42. The monoisotopic (exact) mass is 308 g/mol. The molecule has 0 saturated heterocycles. The second kappa shape index (κ2) is 6.24. The van der Waals surface area contributed by atoms with E-state index in [4.69, 9.17) is 5.73 Å². The maximum absolute atomic E-state index is 12.9. The van der Waals surface area contributed by atoms with Gasteiger partial charge in [-0.25, -0.2) is 12.8 Å². The van der Waals surface area contributed by atoms with Gasteiger partial charge >= 0.3 is 0 Å². The van der Waals surface area contributed by atoms with Crippen LogP contribution in [0.5, 0.6) is 0 Å². The summed E-state index contributed by atoms with van der Waals surface area (Å²) < 4.78 is 38.7. The summed E-state index contributed by atoms with van der Waals surface area (Å²) >= 11 is 0. The molecule has 0 aliphatic rings. The highest BCUT2D eigenvalue weighted by Gasteiger charge is 2.19. The van der Waals surface area contributed by atoms with Gasteiger partial charge in [0.15, 0.2) is 0 Å². The number of sulfonamides is 1. The number of benzene rings is 2. The first kappa shape index (κ1) is 15.5. The summed E-state index contributed by atoms with van der Waals surface area (Å²) in [4.78, 5) is 0. The summed E-state index contributed by atoms with van der Waals surface area (Å²) in [6.07, 6.45) is 0. The summed E-state index contributed by atoms with van der Waals surface area (Å²) in [7, 11) is -2.06. The number of halogens is 1. The average molecular weight is 308 g/mol. The number of hydrogen-bond acceptors (Lipinski definition) is 3. The van der Waals surface area contributed by atoms with E-state index in [0.29, 0.717) is 17.8 Å². The van der Waals surface area contributed by atoms with Crippen LogP contribution in [0.25, 0.3) is 0 Å². The zero-order chi connectivity index (χ0) is 15.5. The molecule has 0 aliphatic carbocycles. The predicted molar refractivity (Wildman–Crippen MR) is 81.8 cm³/mol. The van der Waals surface area contributed by atoms with Crippen molar-refractivity contribution in [2.75, 3.05) is 11.4 Å². The predicted octanol–water partition coefficient (Wildman–Crippen LogP) is 2.25. The highest BCUT2D eigenvalue weighted by atomic mass is 32.2. The standard InChI is InChI=1S/C15H17FN2O2S/c1-18(15-8-6-14(16)7-9-15)21(19,20)11-13-4-2-12(10-17)3-5-13/h2-9H,10-11,17H2,1H3. The quantitative estimate of drug-likeness (QED) is 0.921. The number of nitrogens with two attached hydrogens (primary N) is 1. The maximum atomic E-state index is 12.9. The van der Waals surface area contributed by atoms with Crippen molar-refractivity contribution in [3.05, 3.63) is 65.5 Å². The van der Waals surface area contributed by atoms with Crippen molar-refractivity contribution in [1.82, 2.24) is 0 Å². The van der Waals surface area contributed by atoms with Crippen molar-refractivity contribution in [3.8, 4) is 0 Å². The third-order valence-electron chi connectivity index (χ3n) is 3.22. The van der Waals surface area contributed by atoms with Crippen LogP contribution in [-0.4, -0.2) is 15.5 Å². The number of anilines is 1. The Hall–Kier alpha value is -1.92. The largest absolute Gasteiger partial charge is 0.326 e. The third-order valence-corrected chi connectivity index (χ3v) is 4.96. The van der Waals surface area contributed by atoms with Crippen LogP contribution in [0.4, 0.5) is 10.1 Å². The molecule has 0 fully saturated rings. The van der Waals surface area contributed by atoms with Crippen LogP contribution in [0.15, 0.2) is 48.5 Å². The molecule has 0 atom stereocenters. The van der Waals surface area contributed by atoms with Gasteiger partial charge in [-0.05, 0) is 35.4 Å². The second-order valence-electron chi connectivity index (χ2n) is 4.72. The number of hydrogen-bond donors (Lipinski definition) is 1. The van der Waals surface area contributed by atoms with Crippen LogP contribution in [-0.2, 0) is 22.3 Å². The van der Waals surface area contributed by atoms with E-state index >= 15 is 0 Å². The summed E-state index contributed by atoms with van der Waals surface area (Å²) in [5, 5.41) is 0. The molecule has 0 amide bonds. The molecule has 0 radical (unpaired) electrons. The van der Waals surface area contributed by atoms with Gasteiger partial charge < -0.3 is 5.73 Å². The molecular formula is C15H17FN2O2S. The molecule has 2 aromatic rings. The topological polar surface area (TPSA) is 63.4 Å².